The number of carbonyl (C=O) groups excluding carboxylic acids is 1. The lowest BCUT2D eigenvalue weighted by Gasteiger charge is -2.06. The van der Waals surface area contributed by atoms with Gasteiger partial charge in [-0.25, -0.2) is 4.79 Å². The van der Waals surface area contributed by atoms with Crippen molar-refractivity contribution in [3.8, 4) is 0 Å². The van der Waals surface area contributed by atoms with Crippen LogP contribution in [0.4, 0.5) is 0 Å². The summed E-state index contributed by atoms with van der Waals surface area (Å²) in [6.07, 6.45) is 0. The highest BCUT2D eigenvalue weighted by atomic mass is 35.5. The Kier molecular flexibility index (Phi) is 2.53. The molecule has 0 fully saturated rings. The van der Waals surface area contributed by atoms with Gasteiger partial charge in [-0.2, -0.15) is 5.90 Å². The predicted molar refractivity (Wildman–Crippen MR) is 30.4 cm³/mol. The Morgan fingerprint density at radius 3 is 2.12 bits per heavy atom. The van der Waals surface area contributed by atoms with Crippen molar-refractivity contribution >= 4 is 29.2 Å². The van der Waals surface area contributed by atoms with Crippen LogP contribution in [0.25, 0.3) is 0 Å². The van der Waals surface area contributed by atoms with Gasteiger partial charge in [-0.1, -0.05) is 23.2 Å². The molecule has 0 bridgehead atoms. The largest absolute Gasteiger partial charge is 0.371 e. The molecule has 48 valence electrons. The van der Waals surface area contributed by atoms with Crippen molar-refractivity contribution in [2.75, 3.05) is 0 Å². The fourth-order valence-corrected chi connectivity index (χ4v) is 0.193. The van der Waals surface area contributed by atoms with Crippen LogP contribution in [0, 0.1) is 0 Å². The molecule has 0 spiro atoms. The summed E-state index contributed by atoms with van der Waals surface area (Å²) >= 11 is 10.4. The highest BCUT2D eigenvalue weighted by Gasteiger charge is 2.28. The minimum Gasteiger partial charge on any atom is -0.371 e. The molecule has 0 aliphatic rings. The zero-order valence-corrected chi connectivity index (χ0v) is 5.66. The lowest BCUT2D eigenvalue weighted by molar-refractivity contribution is -0.144. The van der Waals surface area contributed by atoms with Crippen LogP contribution in [0.1, 0.15) is 6.92 Å². The monoisotopic (exact) mass is 157 g/mol. The summed E-state index contributed by atoms with van der Waals surface area (Å²) < 4.78 is -1.53. The average Bonchev–Trinajstić information content (AvgIpc) is 1.62. The molecule has 0 rings (SSSR count). The number of carbonyl (C=O) groups is 1. The number of halogens is 2. The number of nitrogens with two attached hydrogens (primary N) is 1. The van der Waals surface area contributed by atoms with E-state index in [1.807, 2.05) is 0 Å². The van der Waals surface area contributed by atoms with Crippen molar-refractivity contribution in [3.05, 3.63) is 0 Å². The van der Waals surface area contributed by atoms with Crippen LogP contribution in [0.3, 0.4) is 0 Å². The third-order valence-electron chi connectivity index (χ3n) is 0.465. The molecule has 2 N–H and O–H groups in total. The summed E-state index contributed by atoms with van der Waals surface area (Å²) in [5.74, 6) is 3.58. The van der Waals surface area contributed by atoms with E-state index in [4.69, 9.17) is 23.2 Å². The van der Waals surface area contributed by atoms with Crippen LogP contribution in [0.15, 0.2) is 0 Å². The molecular formula is C3H5Cl2NO2. The lowest BCUT2D eigenvalue weighted by atomic mass is 10.5. The molecule has 0 aliphatic carbocycles. The van der Waals surface area contributed by atoms with E-state index in [0.717, 1.165) is 0 Å². The summed E-state index contributed by atoms with van der Waals surface area (Å²) in [5.41, 5.74) is 0. The first-order valence-electron chi connectivity index (χ1n) is 1.77. The number of alkyl halides is 2. The Hall–Kier alpha value is 0.01000. The molecule has 0 heterocycles. The quantitative estimate of drug-likeness (QED) is 0.449. The van der Waals surface area contributed by atoms with E-state index < -0.39 is 10.3 Å². The van der Waals surface area contributed by atoms with E-state index in [0.29, 0.717) is 0 Å². The maximum absolute atomic E-state index is 10.2. The predicted octanol–water partition coefficient (Wildman–Crippen LogP) is 0.597. The topological polar surface area (TPSA) is 52.3 Å². The first kappa shape index (κ1) is 8.01. The second-order valence-electron chi connectivity index (χ2n) is 1.29. The summed E-state index contributed by atoms with van der Waals surface area (Å²) in [6.45, 7) is 1.27. The highest BCUT2D eigenvalue weighted by molar-refractivity contribution is 6.57. The molecule has 0 atom stereocenters. The molecule has 8 heavy (non-hydrogen) atoms. The molecule has 0 aromatic carbocycles. The first-order chi connectivity index (χ1) is 3.48. The second-order valence-corrected chi connectivity index (χ2v) is 3.00. The minimum absolute atomic E-state index is 0.860. The van der Waals surface area contributed by atoms with Gasteiger partial charge in [-0.05, 0) is 6.92 Å². The van der Waals surface area contributed by atoms with Crippen LogP contribution in [-0.4, -0.2) is 10.3 Å². The van der Waals surface area contributed by atoms with Gasteiger partial charge in [-0.3, -0.25) is 0 Å². The molecule has 0 aromatic heterocycles. The molecule has 0 saturated heterocycles. The molecule has 3 nitrogen and oxygen atoms in total. The second kappa shape index (κ2) is 2.53. The average molecular weight is 158 g/mol. The SMILES string of the molecule is CC(Cl)(Cl)C(=O)ON. The van der Waals surface area contributed by atoms with Crippen molar-refractivity contribution in [2.45, 2.75) is 11.3 Å². The van der Waals surface area contributed by atoms with Gasteiger partial charge in [0.15, 0.2) is 0 Å². The van der Waals surface area contributed by atoms with Gasteiger partial charge in [0.05, 0.1) is 0 Å². The van der Waals surface area contributed by atoms with Gasteiger partial charge in [0.2, 0.25) is 4.33 Å². The third-order valence-corrected chi connectivity index (χ3v) is 0.774. The summed E-state index contributed by atoms with van der Waals surface area (Å²) in [4.78, 5) is 13.9. The first-order valence-corrected chi connectivity index (χ1v) is 2.53. The molecule has 0 saturated carbocycles. The van der Waals surface area contributed by atoms with Gasteiger partial charge in [0.1, 0.15) is 0 Å². The minimum atomic E-state index is -1.53. The van der Waals surface area contributed by atoms with Crippen LogP contribution >= 0.6 is 23.2 Å². The molecule has 0 radical (unpaired) electrons. The van der Waals surface area contributed by atoms with Gasteiger partial charge < -0.3 is 4.84 Å². The number of rotatable bonds is 1. The Morgan fingerprint density at radius 2 is 2.12 bits per heavy atom. The summed E-state index contributed by atoms with van der Waals surface area (Å²) in [7, 11) is 0. The molecular weight excluding hydrogens is 153 g/mol. The van der Waals surface area contributed by atoms with Crippen LogP contribution in [-0.2, 0) is 9.63 Å². The van der Waals surface area contributed by atoms with E-state index >= 15 is 0 Å². The van der Waals surface area contributed by atoms with Crippen LogP contribution in [0.2, 0.25) is 0 Å². The van der Waals surface area contributed by atoms with E-state index in [-0.39, 0.29) is 0 Å². The Labute approximate surface area is 56.6 Å². The van der Waals surface area contributed by atoms with Crippen LogP contribution in [0.5, 0.6) is 0 Å². The van der Waals surface area contributed by atoms with Crippen molar-refractivity contribution in [1.29, 1.82) is 0 Å². The van der Waals surface area contributed by atoms with Crippen molar-refractivity contribution < 1.29 is 9.63 Å². The van der Waals surface area contributed by atoms with Crippen LogP contribution < -0.4 is 5.90 Å². The van der Waals surface area contributed by atoms with Crippen molar-refractivity contribution in [2.24, 2.45) is 5.90 Å². The molecule has 0 amide bonds. The fraction of sp³-hybridized carbons (Fsp3) is 0.667. The van der Waals surface area contributed by atoms with Crippen molar-refractivity contribution in [3.63, 3.8) is 0 Å². The van der Waals surface area contributed by atoms with Gasteiger partial charge in [-0.15, -0.1) is 0 Å². The maximum Gasteiger partial charge on any atom is 0.360 e. The Balaban J connectivity index is 3.82. The molecule has 0 unspecified atom stereocenters. The lowest BCUT2D eigenvalue weighted by Crippen LogP contribution is -2.26. The standard InChI is InChI=1S/C3H5Cl2NO2/c1-3(4,5)2(7)8-6/h6H2,1H3. The Morgan fingerprint density at radius 1 is 1.75 bits per heavy atom. The molecule has 5 heteroatoms. The zero-order valence-electron chi connectivity index (χ0n) is 4.15. The summed E-state index contributed by atoms with van der Waals surface area (Å²) in [5, 5.41) is 0. The van der Waals surface area contributed by atoms with E-state index in [1.54, 1.807) is 0 Å². The van der Waals surface area contributed by atoms with E-state index in [2.05, 4.69) is 10.7 Å². The van der Waals surface area contributed by atoms with Crippen molar-refractivity contribution in [1.82, 2.24) is 0 Å². The Bertz CT molecular complexity index is 97.9. The number of hydrogen-bond acceptors (Lipinski definition) is 3. The molecule has 0 aromatic rings. The van der Waals surface area contributed by atoms with Gasteiger partial charge in [0, 0.05) is 0 Å². The number of hydrogen-bond donors (Lipinski definition) is 1. The normalized spacial score (nSPS) is 11.0. The maximum atomic E-state index is 10.2. The van der Waals surface area contributed by atoms with E-state index in [9.17, 15) is 4.79 Å². The molecule has 0 aliphatic heterocycles. The zero-order chi connectivity index (χ0) is 6.78. The summed E-state index contributed by atoms with van der Waals surface area (Å²) in [6, 6.07) is 0. The fourth-order valence-electron chi connectivity index (χ4n) is 0.103. The smallest absolute Gasteiger partial charge is 0.360 e. The van der Waals surface area contributed by atoms with E-state index in [1.165, 1.54) is 6.92 Å². The van der Waals surface area contributed by atoms with Gasteiger partial charge in [0.25, 0.3) is 0 Å². The van der Waals surface area contributed by atoms with Gasteiger partial charge >= 0.3 is 5.97 Å². The highest BCUT2D eigenvalue weighted by Crippen LogP contribution is 2.19. The third kappa shape index (κ3) is 2.35.